The molecule has 53 heavy (non-hydrogen) atoms. The van der Waals surface area contributed by atoms with Crippen molar-refractivity contribution in [2.24, 2.45) is 22.7 Å². The van der Waals surface area contributed by atoms with Crippen molar-refractivity contribution in [1.82, 2.24) is 0 Å². The van der Waals surface area contributed by atoms with Crippen molar-refractivity contribution >= 4 is 23.7 Å². The number of nitrogens with zero attached hydrogens (tertiary/aromatic N) is 1. The SMILES string of the molecule is CC1(C)O[C@@H]2CC3C4CCC5=CC(=O)C=C[C@]5(C)[C@@]4(F)[C@@H](O)C[C@]3(C)[C@]2(C(=O)COC(=O)Oc2cc(C(=O)OCCCCO[N+](=O)[O-])cc(O)c2O)O1. The number of Topliss-reactive ketones (excluding diaryl/α,β-unsaturated/α-hetero) is 1. The van der Waals surface area contributed by atoms with E-state index in [9.17, 15) is 44.6 Å². The van der Waals surface area contributed by atoms with Gasteiger partial charge in [-0.25, -0.2) is 14.0 Å². The fourth-order valence-electron chi connectivity index (χ4n) is 9.54. The van der Waals surface area contributed by atoms with E-state index >= 15 is 4.39 Å². The van der Waals surface area contributed by atoms with Gasteiger partial charge in [-0.15, -0.1) is 10.1 Å². The highest BCUT2D eigenvalue weighted by atomic mass is 19.1. The van der Waals surface area contributed by atoms with Gasteiger partial charge in [-0.2, -0.15) is 0 Å². The number of ketones is 2. The summed E-state index contributed by atoms with van der Waals surface area (Å²) in [6.45, 7) is 5.40. The first-order chi connectivity index (χ1) is 24.8. The number of ether oxygens (including phenoxy) is 5. The quantitative estimate of drug-likeness (QED) is 0.0720. The number of aliphatic hydroxyl groups is 1. The van der Waals surface area contributed by atoms with Crippen LogP contribution in [0.5, 0.6) is 17.2 Å². The van der Waals surface area contributed by atoms with Gasteiger partial charge in [0.25, 0.3) is 5.09 Å². The molecule has 0 amide bonds. The molecule has 4 fully saturated rings. The van der Waals surface area contributed by atoms with Crippen molar-refractivity contribution in [3.63, 3.8) is 0 Å². The maximum Gasteiger partial charge on any atom is 0.514 e. The molecule has 1 aromatic rings. The summed E-state index contributed by atoms with van der Waals surface area (Å²) in [7, 11) is 0. The number of unbranched alkanes of at least 4 members (excludes halogenated alkanes) is 1. The third-order valence-corrected chi connectivity index (χ3v) is 11.8. The molecular formula is C36H42FNO15. The average molecular weight is 748 g/mol. The molecule has 0 aromatic heterocycles. The predicted molar refractivity (Wildman–Crippen MR) is 176 cm³/mol. The van der Waals surface area contributed by atoms with Crippen LogP contribution in [-0.2, 0) is 33.4 Å². The van der Waals surface area contributed by atoms with Crippen LogP contribution < -0.4 is 4.74 Å². The van der Waals surface area contributed by atoms with Gasteiger partial charge in [-0.05, 0) is 89.5 Å². The van der Waals surface area contributed by atoms with Gasteiger partial charge >= 0.3 is 12.1 Å². The second kappa shape index (κ2) is 13.4. The molecule has 6 rings (SSSR count). The Kier molecular flexibility index (Phi) is 9.61. The minimum absolute atomic E-state index is 0.160. The second-order valence-corrected chi connectivity index (χ2v) is 15.2. The number of fused-ring (bicyclic) bond motifs is 7. The van der Waals surface area contributed by atoms with Gasteiger partial charge < -0.3 is 43.8 Å². The van der Waals surface area contributed by atoms with E-state index in [0.29, 0.717) is 18.4 Å². The number of phenolic OH excluding ortho intramolecular Hbond substituents is 2. The number of benzene rings is 1. The highest BCUT2D eigenvalue weighted by Crippen LogP contribution is 2.72. The number of hydrogen-bond acceptors (Lipinski definition) is 15. The van der Waals surface area contributed by atoms with E-state index < -0.39 is 98.8 Å². The third kappa shape index (κ3) is 6.11. The topological polar surface area (TPSA) is 227 Å². The number of esters is 1. The Bertz CT molecular complexity index is 1790. The lowest BCUT2D eigenvalue weighted by Crippen LogP contribution is -2.70. The molecule has 1 aliphatic heterocycles. The number of alkyl halides is 1. The van der Waals surface area contributed by atoms with Crippen molar-refractivity contribution in [3.05, 3.63) is 51.6 Å². The largest absolute Gasteiger partial charge is 0.514 e. The Hall–Kier alpha value is -4.61. The Labute approximate surface area is 302 Å². The van der Waals surface area contributed by atoms with E-state index in [1.54, 1.807) is 27.7 Å². The lowest BCUT2D eigenvalue weighted by Gasteiger charge is -2.62. The van der Waals surface area contributed by atoms with Crippen LogP contribution >= 0.6 is 0 Å². The minimum atomic E-state index is -2.17. The number of phenols is 2. The normalized spacial score (nSPS) is 34.8. The molecule has 2 unspecified atom stereocenters. The molecule has 1 saturated heterocycles. The number of allylic oxidation sites excluding steroid dienone is 4. The summed E-state index contributed by atoms with van der Waals surface area (Å²) in [6, 6.07) is 1.77. The van der Waals surface area contributed by atoms with E-state index in [0.717, 1.165) is 12.1 Å². The first kappa shape index (κ1) is 38.1. The van der Waals surface area contributed by atoms with Crippen LogP contribution in [0.1, 0.15) is 76.6 Å². The number of rotatable bonds is 11. The van der Waals surface area contributed by atoms with Gasteiger partial charge in [-0.1, -0.05) is 18.6 Å². The van der Waals surface area contributed by atoms with Crippen LogP contribution in [0.2, 0.25) is 0 Å². The maximum atomic E-state index is 17.7. The Balaban J connectivity index is 1.17. The first-order valence-corrected chi connectivity index (χ1v) is 17.4. The van der Waals surface area contributed by atoms with Crippen LogP contribution in [0.25, 0.3) is 0 Å². The number of hydrogen-bond donors (Lipinski definition) is 3. The number of aromatic hydroxyl groups is 2. The van der Waals surface area contributed by atoms with Crippen molar-refractivity contribution in [3.8, 4) is 17.2 Å². The minimum Gasteiger partial charge on any atom is -0.504 e. The number of halogens is 1. The lowest BCUT2D eigenvalue weighted by molar-refractivity contribution is -0.757. The van der Waals surface area contributed by atoms with E-state index in [1.165, 1.54) is 18.2 Å². The number of carbonyl (C=O) groups excluding carboxylic acids is 4. The second-order valence-electron chi connectivity index (χ2n) is 15.2. The standard InChI is InChI=1S/C36H42FNO15/c1-32(2)52-28-16-23-22-8-7-20-15-21(39)9-10-33(20,3)35(22,37)26(41)17-34(23,4)36(28,53-32)27(42)18-49-31(45)51-25-14-19(13-24(40)29(25)43)30(44)48-11-5-6-12-50-38(46)47/h9-10,13-15,22-23,26,28,40-41,43H,5-8,11-12,16-18H2,1-4H3/t22?,23?,26-,28+,33-,34-,35-,36+/m0/s1. The van der Waals surface area contributed by atoms with Gasteiger partial charge in [0.1, 0.15) is 0 Å². The molecule has 1 heterocycles. The zero-order valence-electron chi connectivity index (χ0n) is 29.6. The van der Waals surface area contributed by atoms with E-state index in [-0.39, 0.29) is 50.2 Å². The molecule has 0 spiro atoms. The Morgan fingerprint density at radius 1 is 1.08 bits per heavy atom. The van der Waals surface area contributed by atoms with Gasteiger partial charge in [0.2, 0.25) is 11.5 Å². The summed E-state index contributed by atoms with van der Waals surface area (Å²) in [6.07, 6.45) is 1.49. The van der Waals surface area contributed by atoms with Gasteiger partial charge in [0, 0.05) is 16.7 Å². The molecule has 5 aliphatic rings. The number of carbonyl (C=O) groups is 4. The molecule has 0 bridgehead atoms. The van der Waals surface area contributed by atoms with E-state index in [2.05, 4.69) is 4.84 Å². The van der Waals surface area contributed by atoms with Gasteiger partial charge in [0.15, 0.2) is 40.9 Å². The molecule has 0 radical (unpaired) electrons. The molecule has 8 atom stereocenters. The van der Waals surface area contributed by atoms with Crippen LogP contribution in [0.4, 0.5) is 9.18 Å². The zero-order valence-corrected chi connectivity index (χ0v) is 29.6. The molecule has 17 heteroatoms. The zero-order chi connectivity index (χ0) is 38.7. The molecule has 16 nitrogen and oxygen atoms in total. The summed E-state index contributed by atoms with van der Waals surface area (Å²) in [5.41, 5.74) is -6.11. The summed E-state index contributed by atoms with van der Waals surface area (Å²) in [5, 5.41) is 41.5. The molecule has 4 aliphatic carbocycles. The van der Waals surface area contributed by atoms with Crippen LogP contribution in [0.3, 0.4) is 0 Å². The van der Waals surface area contributed by atoms with Crippen LogP contribution in [0, 0.1) is 32.8 Å². The Morgan fingerprint density at radius 3 is 2.51 bits per heavy atom. The molecule has 1 aromatic carbocycles. The van der Waals surface area contributed by atoms with Crippen molar-refractivity contribution < 1.29 is 72.5 Å². The first-order valence-electron chi connectivity index (χ1n) is 17.4. The van der Waals surface area contributed by atoms with Crippen molar-refractivity contribution in [1.29, 1.82) is 0 Å². The maximum absolute atomic E-state index is 17.7. The summed E-state index contributed by atoms with van der Waals surface area (Å²) < 4.78 is 45.6. The summed E-state index contributed by atoms with van der Waals surface area (Å²) >= 11 is 0. The van der Waals surface area contributed by atoms with Gasteiger partial charge in [-0.3, -0.25) is 9.59 Å². The number of aliphatic hydroxyl groups excluding tert-OH is 1. The molecule has 3 N–H and O–H groups in total. The monoisotopic (exact) mass is 747 g/mol. The summed E-state index contributed by atoms with van der Waals surface area (Å²) in [4.78, 5) is 66.3. The van der Waals surface area contributed by atoms with Crippen LogP contribution in [-0.4, -0.2) is 93.2 Å². The van der Waals surface area contributed by atoms with Gasteiger partial charge in [0.05, 0.1) is 31.0 Å². The van der Waals surface area contributed by atoms with Crippen LogP contribution in [0.15, 0.2) is 35.9 Å². The highest BCUT2D eigenvalue weighted by Gasteiger charge is 2.80. The van der Waals surface area contributed by atoms with Crippen molar-refractivity contribution in [2.45, 2.75) is 95.5 Å². The molecular weight excluding hydrogens is 705 g/mol. The molecule has 288 valence electrons. The smallest absolute Gasteiger partial charge is 0.504 e. The highest BCUT2D eigenvalue weighted by molar-refractivity contribution is 6.01. The fraction of sp³-hybridized carbons (Fsp3) is 0.611. The molecule has 3 saturated carbocycles. The fourth-order valence-corrected chi connectivity index (χ4v) is 9.54. The van der Waals surface area contributed by atoms with E-state index in [4.69, 9.17) is 23.7 Å². The lowest BCUT2D eigenvalue weighted by atomic mass is 9.44. The predicted octanol–water partition coefficient (Wildman–Crippen LogP) is 4.20. The van der Waals surface area contributed by atoms with Crippen molar-refractivity contribution in [2.75, 3.05) is 19.8 Å². The third-order valence-electron chi connectivity index (χ3n) is 11.8. The average Bonchev–Trinajstić information content (AvgIpc) is 3.49. The Morgan fingerprint density at radius 2 is 1.79 bits per heavy atom. The summed E-state index contributed by atoms with van der Waals surface area (Å²) in [5.74, 6) is -6.92. The van der Waals surface area contributed by atoms with E-state index in [1.807, 2.05) is 0 Å².